The minimum Gasteiger partial charge on any atom is -0.341 e. The molecule has 0 aliphatic heterocycles. The molecule has 0 unspecified atom stereocenters. The number of carbonyl (C=O) groups is 2. The molecule has 32 heavy (non-hydrogen) atoms. The van der Waals surface area contributed by atoms with Gasteiger partial charge in [-0.05, 0) is 72.1 Å². The SMILES string of the molecule is C[C@@H](NC(=O)C(=O)N/N=C/c1cc2ccc1CCc1ccc(cc1)CC2)c1ccccc1. The van der Waals surface area contributed by atoms with Gasteiger partial charge in [-0.25, -0.2) is 5.43 Å². The quantitative estimate of drug-likeness (QED) is 0.378. The Bertz CT molecular complexity index is 1120. The molecule has 0 heterocycles. The third kappa shape index (κ3) is 5.49. The number of amides is 2. The predicted octanol–water partition coefficient (Wildman–Crippen LogP) is 3.90. The van der Waals surface area contributed by atoms with Gasteiger partial charge in [-0.15, -0.1) is 0 Å². The second-order valence-electron chi connectivity index (χ2n) is 8.15. The Morgan fingerprint density at radius 3 is 2.16 bits per heavy atom. The van der Waals surface area contributed by atoms with Gasteiger partial charge < -0.3 is 5.32 Å². The average molecular weight is 426 g/mol. The van der Waals surface area contributed by atoms with Crippen molar-refractivity contribution in [3.8, 4) is 0 Å². The van der Waals surface area contributed by atoms with Gasteiger partial charge in [0.1, 0.15) is 0 Å². The molecule has 4 bridgehead atoms. The van der Waals surface area contributed by atoms with Crippen LogP contribution >= 0.6 is 0 Å². The highest BCUT2D eigenvalue weighted by Crippen LogP contribution is 2.18. The van der Waals surface area contributed by atoms with Crippen molar-refractivity contribution in [2.45, 2.75) is 38.6 Å². The molecular formula is C27H27N3O2. The standard InChI is InChI=1S/C27H27N3O2/c1-19(23-5-3-2-4-6-23)29-26(31)27(32)30-28-18-25-17-22-12-11-20-7-9-21(10-8-20)13-15-24(25)16-14-22/h2-10,14,16-19H,11-13,15H2,1H3,(H,29,31)(H,30,32)/b28-18+/t19-/m1/s1. The van der Waals surface area contributed by atoms with Crippen LogP contribution in [-0.2, 0) is 35.3 Å². The second-order valence-corrected chi connectivity index (χ2v) is 8.15. The van der Waals surface area contributed by atoms with E-state index in [0.717, 1.165) is 36.8 Å². The molecule has 0 spiro atoms. The summed E-state index contributed by atoms with van der Waals surface area (Å²) in [4.78, 5) is 24.4. The highest BCUT2D eigenvalue weighted by Gasteiger charge is 2.16. The maximum Gasteiger partial charge on any atom is 0.329 e. The summed E-state index contributed by atoms with van der Waals surface area (Å²) in [6, 6.07) is 24.5. The lowest BCUT2D eigenvalue weighted by Gasteiger charge is -2.13. The molecule has 1 atom stereocenters. The normalized spacial score (nSPS) is 13.9. The first kappa shape index (κ1) is 21.5. The van der Waals surface area contributed by atoms with E-state index in [1.807, 2.05) is 37.3 Å². The predicted molar refractivity (Wildman–Crippen MR) is 126 cm³/mol. The van der Waals surface area contributed by atoms with Gasteiger partial charge in [0.15, 0.2) is 0 Å². The first-order chi connectivity index (χ1) is 15.6. The van der Waals surface area contributed by atoms with E-state index in [9.17, 15) is 9.59 Å². The van der Waals surface area contributed by atoms with Gasteiger partial charge in [0.05, 0.1) is 12.3 Å². The van der Waals surface area contributed by atoms with E-state index in [1.54, 1.807) is 6.21 Å². The molecule has 3 aromatic rings. The number of hydrogen-bond donors (Lipinski definition) is 2. The topological polar surface area (TPSA) is 70.6 Å². The van der Waals surface area contributed by atoms with Crippen molar-refractivity contribution in [1.29, 1.82) is 0 Å². The lowest BCUT2D eigenvalue weighted by Crippen LogP contribution is -2.39. The Morgan fingerprint density at radius 1 is 0.812 bits per heavy atom. The van der Waals surface area contributed by atoms with Gasteiger partial charge in [-0.1, -0.05) is 66.7 Å². The summed E-state index contributed by atoms with van der Waals surface area (Å²) in [5.74, 6) is -1.49. The zero-order valence-corrected chi connectivity index (χ0v) is 18.2. The zero-order chi connectivity index (χ0) is 22.3. The van der Waals surface area contributed by atoms with Crippen molar-refractivity contribution in [1.82, 2.24) is 10.7 Å². The smallest absolute Gasteiger partial charge is 0.329 e. The van der Waals surface area contributed by atoms with Gasteiger partial charge in [0, 0.05) is 0 Å². The summed E-state index contributed by atoms with van der Waals surface area (Å²) in [5, 5.41) is 6.76. The lowest BCUT2D eigenvalue weighted by molar-refractivity contribution is -0.139. The molecule has 5 heteroatoms. The number of rotatable bonds is 4. The zero-order valence-electron chi connectivity index (χ0n) is 18.2. The van der Waals surface area contributed by atoms with Crippen molar-refractivity contribution in [2.24, 2.45) is 5.10 Å². The summed E-state index contributed by atoms with van der Waals surface area (Å²) in [5.41, 5.74) is 9.28. The number of carbonyl (C=O) groups excluding carboxylic acids is 2. The molecular weight excluding hydrogens is 398 g/mol. The van der Waals surface area contributed by atoms with Crippen LogP contribution in [0.2, 0.25) is 0 Å². The first-order valence-electron chi connectivity index (χ1n) is 11.0. The first-order valence-corrected chi connectivity index (χ1v) is 11.0. The van der Waals surface area contributed by atoms with E-state index in [4.69, 9.17) is 0 Å². The number of nitrogens with one attached hydrogen (secondary N) is 2. The van der Waals surface area contributed by atoms with Crippen LogP contribution in [0, 0.1) is 0 Å². The van der Waals surface area contributed by atoms with Crippen molar-refractivity contribution >= 4 is 18.0 Å². The number of aryl methyl sites for hydroxylation is 4. The molecule has 4 aliphatic rings. The largest absolute Gasteiger partial charge is 0.341 e. The van der Waals surface area contributed by atoms with E-state index in [1.165, 1.54) is 22.3 Å². The monoisotopic (exact) mass is 425 g/mol. The Balaban J connectivity index is 1.40. The van der Waals surface area contributed by atoms with E-state index in [0.29, 0.717) is 0 Å². The van der Waals surface area contributed by atoms with Crippen LogP contribution in [0.3, 0.4) is 0 Å². The molecule has 3 aromatic carbocycles. The van der Waals surface area contributed by atoms with Crippen molar-refractivity contribution in [3.05, 3.63) is 106 Å². The van der Waals surface area contributed by atoms with Crippen LogP contribution in [0.1, 0.15) is 46.3 Å². The van der Waals surface area contributed by atoms with Crippen LogP contribution in [-0.4, -0.2) is 18.0 Å². The summed E-state index contributed by atoms with van der Waals surface area (Å²) < 4.78 is 0. The molecule has 0 fully saturated rings. The maximum absolute atomic E-state index is 12.2. The highest BCUT2D eigenvalue weighted by molar-refractivity contribution is 6.35. The molecule has 0 saturated heterocycles. The van der Waals surface area contributed by atoms with Gasteiger partial charge in [0.25, 0.3) is 0 Å². The van der Waals surface area contributed by atoms with Crippen LogP contribution < -0.4 is 10.7 Å². The number of hydrogen-bond acceptors (Lipinski definition) is 3. The van der Waals surface area contributed by atoms with Gasteiger partial charge in [-0.2, -0.15) is 5.10 Å². The molecule has 2 amide bonds. The van der Waals surface area contributed by atoms with Crippen molar-refractivity contribution in [3.63, 3.8) is 0 Å². The molecule has 7 rings (SSSR count). The Kier molecular flexibility index (Phi) is 6.75. The molecule has 0 radical (unpaired) electrons. The van der Waals surface area contributed by atoms with Crippen LogP contribution in [0.15, 0.2) is 77.9 Å². The Hall–Kier alpha value is -3.73. The van der Waals surface area contributed by atoms with E-state index in [2.05, 4.69) is 58.3 Å². The number of hydrazone groups is 1. The van der Waals surface area contributed by atoms with Gasteiger partial charge in [0.2, 0.25) is 0 Å². The Morgan fingerprint density at radius 2 is 1.44 bits per heavy atom. The van der Waals surface area contributed by atoms with Crippen molar-refractivity contribution < 1.29 is 9.59 Å². The fourth-order valence-electron chi connectivity index (χ4n) is 3.89. The van der Waals surface area contributed by atoms with Gasteiger partial charge >= 0.3 is 11.8 Å². The molecule has 5 nitrogen and oxygen atoms in total. The molecule has 2 N–H and O–H groups in total. The fourth-order valence-corrected chi connectivity index (χ4v) is 3.89. The van der Waals surface area contributed by atoms with Crippen molar-refractivity contribution in [2.75, 3.05) is 0 Å². The molecule has 4 aliphatic carbocycles. The van der Waals surface area contributed by atoms with Crippen LogP contribution in [0.25, 0.3) is 0 Å². The summed E-state index contributed by atoms with van der Waals surface area (Å²) in [7, 11) is 0. The average Bonchev–Trinajstić information content (AvgIpc) is 2.81. The maximum atomic E-state index is 12.2. The molecule has 162 valence electrons. The van der Waals surface area contributed by atoms with Gasteiger partial charge in [-0.3, -0.25) is 9.59 Å². The van der Waals surface area contributed by atoms with Crippen LogP contribution in [0.4, 0.5) is 0 Å². The summed E-state index contributed by atoms with van der Waals surface area (Å²) >= 11 is 0. The summed E-state index contributed by atoms with van der Waals surface area (Å²) in [6.45, 7) is 1.84. The third-order valence-corrected chi connectivity index (χ3v) is 5.84. The van der Waals surface area contributed by atoms with E-state index >= 15 is 0 Å². The minimum absolute atomic E-state index is 0.269. The molecule has 0 saturated carbocycles. The van der Waals surface area contributed by atoms with Crippen LogP contribution in [0.5, 0.6) is 0 Å². The second kappa shape index (κ2) is 10.1. The highest BCUT2D eigenvalue weighted by atomic mass is 16.2. The fraction of sp³-hybridized carbons (Fsp3) is 0.222. The Labute approximate surface area is 188 Å². The third-order valence-electron chi connectivity index (χ3n) is 5.84. The number of benzene rings is 3. The lowest BCUT2D eigenvalue weighted by atomic mass is 9.94. The van der Waals surface area contributed by atoms with E-state index in [-0.39, 0.29) is 6.04 Å². The number of nitrogens with zero attached hydrogens (tertiary/aromatic N) is 1. The summed E-state index contributed by atoms with van der Waals surface area (Å²) in [6.07, 6.45) is 5.37. The minimum atomic E-state index is -0.782. The molecule has 0 aromatic heterocycles. The van der Waals surface area contributed by atoms with E-state index < -0.39 is 11.8 Å².